The van der Waals surface area contributed by atoms with E-state index in [1.165, 1.54) is 11.3 Å². The molecular weight excluding hydrogens is 288 g/mol. The van der Waals surface area contributed by atoms with E-state index in [0.717, 1.165) is 23.4 Å². The number of nitrogens with zero attached hydrogens (tertiary/aromatic N) is 3. The van der Waals surface area contributed by atoms with Gasteiger partial charge in [-0.25, -0.2) is 4.98 Å². The highest BCUT2D eigenvalue weighted by atomic mass is 32.1. The molecule has 2 aromatic rings. The van der Waals surface area contributed by atoms with Gasteiger partial charge in [-0.3, -0.25) is 9.48 Å². The number of carbonyl (C=O) groups excluding carboxylic acids is 1. The lowest BCUT2D eigenvalue weighted by atomic mass is 10.1. The number of thiazole rings is 1. The molecule has 3 rings (SSSR count). The van der Waals surface area contributed by atoms with Crippen molar-refractivity contribution in [2.45, 2.75) is 25.3 Å². The number of amides is 1. The molecule has 2 N–H and O–H groups in total. The maximum Gasteiger partial charge on any atom is 0.271 e. The first-order chi connectivity index (χ1) is 10.2. The van der Waals surface area contributed by atoms with Crippen molar-refractivity contribution < 1.29 is 9.90 Å². The molecule has 0 bridgehead atoms. The van der Waals surface area contributed by atoms with E-state index in [9.17, 15) is 4.79 Å². The Morgan fingerprint density at radius 1 is 1.62 bits per heavy atom. The molecule has 1 aliphatic rings. The third-order valence-corrected chi connectivity index (χ3v) is 4.53. The van der Waals surface area contributed by atoms with E-state index < -0.39 is 0 Å². The average molecular weight is 306 g/mol. The number of aliphatic hydroxyl groups is 1. The summed E-state index contributed by atoms with van der Waals surface area (Å²) in [5.74, 6) is 0.351. The zero-order valence-electron chi connectivity index (χ0n) is 11.8. The van der Waals surface area contributed by atoms with Gasteiger partial charge in [0.2, 0.25) is 0 Å². The zero-order chi connectivity index (χ0) is 14.8. The number of aliphatic hydroxyl groups excluding tert-OH is 1. The van der Waals surface area contributed by atoms with Crippen LogP contribution >= 0.6 is 11.3 Å². The maximum atomic E-state index is 12.2. The molecule has 6 nitrogen and oxygen atoms in total. The van der Waals surface area contributed by atoms with Crippen LogP contribution in [-0.2, 0) is 7.05 Å². The fraction of sp³-hybridized carbons (Fsp3) is 0.500. The average Bonchev–Trinajstić information content (AvgIpc) is 3.02. The van der Waals surface area contributed by atoms with Gasteiger partial charge in [-0.1, -0.05) is 0 Å². The third-order valence-electron chi connectivity index (χ3n) is 3.64. The molecule has 112 valence electrons. The van der Waals surface area contributed by atoms with Crippen LogP contribution in [0.5, 0.6) is 0 Å². The minimum Gasteiger partial charge on any atom is -0.396 e. The Labute approximate surface area is 126 Å². The third kappa shape index (κ3) is 3.30. The number of aromatic nitrogens is 3. The normalized spacial score (nSPS) is 15.9. The van der Waals surface area contributed by atoms with Gasteiger partial charge in [-0.15, -0.1) is 11.3 Å². The van der Waals surface area contributed by atoms with Crippen LogP contribution in [0.4, 0.5) is 0 Å². The van der Waals surface area contributed by atoms with E-state index in [-0.39, 0.29) is 18.6 Å². The monoisotopic (exact) mass is 306 g/mol. The zero-order valence-corrected chi connectivity index (χ0v) is 12.6. The molecule has 0 saturated heterocycles. The summed E-state index contributed by atoms with van der Waals surface area (Å²) in [7, 11) is 1.85. The highest BCUT2D eigenvalue weighted by Gasteiger charge is 2.32. The summed E-state index contributed by atoms with van der Waals surface area (Å²) in [5.41, 5.74) is 1.35. The lowest BCUT2D eigenvalue weighted by molar-refractivity contribution is 0.0920. The van der Waals surface area contributed by atoms with Crippen LogP contribution in [-0.4, -0.2) is 38.4 Å². The number of aryl methyl sites for hydroxylation is 1. The van der Waals surface area contributed by atoms with E-state index in [1.54, 1.807) is 16.3 Å². The molecule has 7 heteroatoms. The van der Waals surface area contributed by atoms with Gasteiger partial charge in [0, 0.05) is 36.8 Å². The molecule has 0 aliphatic heterocycles. The Kier molecular flexibility index (Phi) is 4.03. The summed E-state index contributed by atoms with van der Waals surface area (Å²) < 4.78 is 1.71. The lowest BCUT2D eigenvalue weighted by Crippen LogP contribution is -2.37. The number of nitrogens with one attached hydrogen (secondary N) is 1. The summed E-state index contributed by atoms with van der Waals surface area (Å²) in [4.78, 5) is 16.6. The number of hydrogen-bond acceptors (Lipinski definition) is 5. The molecule has 1 aliphatic carbocycles. The summed E-state index contributed by atoms with van der Waals surface area (Å²) in [6.07, 6.45) is 6.47. The van der Waals surface area contributed by atoms with Gasteiger partial charge in [0.25, 0.3) is 5.91 Å². The molecule has 1 atom stereocenters. The predicted molar refractivity (Wildman–Crippen MR) is 80.0 cm³/mol. The van der Waals surface area contributed by atoms with Crippen molar-refractivity contribution in [2.75, 3.05) is 6.61 Å². The van der Waals surface area contributed by atoms with Gasteiger partial charge in [0.1, 0.15) is 10.7 Å². The standard InChI is InChI=1S/C14H18N4O2S/c1-18-7-10(6-15-18)14-17-12(8-21-14)13(20)16-11(4-5-19)9-2-3-9/h6-9,11,19H,2-5H2,1H3,(H,16,20). The second-order valence-electron chi connectivity index (χ2n) is 5.37. The highest BCUT2D eigenvalue weighted by molar-refractivity contribution is 7.13. The predicted octanol–water partition coefficient (Wildman–Crippen LogP) is 1.43. The molecule has 0 radical (unpaired) electrons. The van der Waals surface area contributed by atoms with Gasteiger partial charge in [0.15, 0.2) is 0 Å². The van der Waals surface area contributed by atoms with Gasteiger partial charge in [-0.05, 0) is 25.2 Å². The smallest absolute Gasteiger partial charge is 0.271 e. The van der Waals surface area contributed by atoms with E-state index in [4.69, 9.17) is 5.11 Å². The first-order valence-electron chi connectivity index (χ1n) is 7.03. The van der Waals surface area contributed by atoms with Crippen molar-refractivity contribution in [1.29, 1.82) is 0 Å². The van der Waals surface area contributed by atoms with Crippen molar-refractivity contribution in [1.82, 2.24) is 20.1 Å². The Hall–Kier alpha value is -1.73. The summed E-state index contributed by atoms with van der Waals surface area (Å²) in [5, 5.41) is 18.7. The van der Waals surface area contributed by atoms with Crippen LogP contribution in [0.2, 0.25) is 0 Å². The van der Waals surface area contributed by atoms with Gasteiger partial charge >= 0.3 is 0 Å². The molecule has 0 aromatic carbocycles. The van der Waals surface area contributed by atoms with Gasteiger partial charge < -0.3 is 10.4 Å². The second kappa shape index (κ2) is 5.95. The van der Waals surface area contributed by atoms with Crippen LogP contribution < -0.4 is 5.32 Å². The molecule has 1 unspecified atom stereocenters. The quantitative estimate of drug-likeness (QED) is 0.846. The van der Waals surface area contributed by atoms with Crippen LogP contribution in [0.15, 0.2) is 17.8 Å². The Bertz CT molecular complexity index is 632. The van der Waals surface area contributed by atoms with Crippen LogP contribution in [0.25, 0.3) is 10.6 Å². The van der Waals surface area contributed by atoms with Crippen LogP contribution in [0.3, 0.4) is 0 Å². The largest absolute Gasteiger partial charge is 0.396 e. The molecule has 1 saturated carbocycles. The molecule has 2 aromatic heterocycles. The fourth-order valence-corrected chi connectivity index (χ4v) is 3.12. The highest BCUT2D eigenvalue weighted by Crippen LogP contribution is 2.34. The second-order valence-corrected chi connectivity index (χ2v) is 6.23. The van der Waals surface area contributed by atoms with Crippen molar-refractivity contribution in [3.05, 3.63) is 23.5 Å². The number of rotatable bonds is 6. The Morgan fingerprint density at radius 3 is 3.05 bits per heavy atom. The molecule has 0 spiro atoms. The number of hydrogen-bond donors (Lipinski definition) is 2. The molecular formula is C14H18N4O2S. The first-order valence-corrected chi connectivity index (χ1v) is 7.91. The summed E-state index contributed by atoms with van der Waals surface area (Å²) in [6.45, 7) is 0.0967. The maximum absolute atomic E-state index is 12.2. The molecule has 1 fully saturated rings. The van der Waals surface area contributed by atoms with E-state index in [1.807, 2.05) is 13.2 Å². The number of carbonyl (C=O) groups is 1. The van der Waals surface area contributed by atoms with E-state index >= 15 is 0 Å². The van der Waals surface area contributed by atoms with Crippen molar-refractivity contribution in [3.63, 3.8) is 0 Å². The van der Waals surface area contributed by atoms with Crippen LogP contribution in [0.1, 0.15) is 29.8 Å². The van der Waals surface area contributed by atoms with Crippen molar-refractivity contribution >= 4 is 17.2 Å². The molecule has 21 heavy (non-hydrogen) atoms. The van der Waals surface area contributed by atoms with Crippen molar-refractivity contribution in [3.8, 4) is 10.6 Å². The van der Waals surface area contributed by atoms with E-state index in [2.05, 4.69) is 15.4 Å². The fourth-order valence-electron chi connectivity index (χ4n) is 2.35. The topological polar surface area (TPSA) is 80.0 Å². The van der Waals surface area contributed by atoms with Gasteiger partial charge in [-0.2, -0.15) is 5.10 Å². The SMILES string of the molecule is Cn1cc(-c2nc(C(=O)NC(CCO)C3CC3)cs2)cn1. The summed E-state index contributed by atoms with van der Waals surface area (Å²) >= 11 is 1.43. The van der Waals surface area contributed by atoms with E-state index in [0.29, 0.717) is 18.0 Å². The first kappa shape index (κ1) is 14.2. The van der Waals surface area contributed by atoms with Crippen molar-refractivity contribution in [2.24, 2.45) is 13.0 Å². The summed E-state index contributed by atoms with van der Waals surface area (Å²) in [6, 6.07) is 0.0611. The Morgan fingerprint density at radius 2 is 2.43 bits per heavy atom. The van der Waals surface area contributed by atoms with Crippen LogP contribution in [0, 0.1) is 5.92 Å². The Balaban J connectivity index is 1.68. The lowest BCUT2D eigenvalue weighted by Gasteiger charge is -2.16. The molecule has 2 heterocycles. The molecule has 1 amide bonds. The minimum absolute atomic E-state index is 0.0611. The van der Waals surface area contributed by atoms with Gasteiger partial charge in [0.05, 0.1) is 6.20 Å². The minimum atomic E-state index is -0.160.